The molecule has 0 saturated heterocycles. The van der Waals surface area contributed by atoms with Crippen molar-refractivity contribution in [1.82, 2.24) is 4.90 Å². The molecule has 1 aromatic carbocycles. The summed E-state index contributed by atoms with van der Waals surface area (Å²) in [7, 11) is 1.68. The number of likely N-dealkylation sites (N-methyl/N-ethyl adjacent to an activating group) is 1. The number of phenols is 1. The standard InChI is InChI=1S/C14H19FN2O2/c1-17(12-5-3-2-4-11(12)16)14(19)10-7-6-9(15)8-13(10)18/h6-8,11-12,18H,2-5,16H2,1H3. The fourth-order valence-electron chi connectivity index (χ4n) is 2.65. The topological polar surface area (TPSA) is 66.6 Å². The van der Waals surface area contributed by atoms with Gasteiger partial charge in [-0.05, 0) is 25.0 Å². The third kappa shape index (κ3) is 2.87. The maximum absolute atomic E-state index is 12.9. The van der Waals surface area contributed by atoms with Crippen molar-refractivity contribution >= 4 is 5.91 Å². The number of aromatic hydroxyl groups is 1. The second kappa shape index (κ2) is 5.57. The largest absolute Gasteiger partial charge is 0.507 e. The Hall–Kier alpha value is -1.62. The lowest BCUT2D eigenvalue weighted by atomic mass is 9.89. The van der Waals surface area contributed by atoms with Gasteiger partial charge in [0, 0.05) is 25.2 Å². The lowest BCUT2D eigenvalue weighted by molar-refractivity contribution is 0.0669. The molecule has 0 aromatic heterocycles. The van der Waals surface area contributed by atoms with Gasteiger partial charge in [-0.15, -0.1) is 0 Å². The molecule has 0 bridgehead atoms. The van der Waals surface area contributed by atoms with E-state index in [9.17, 15) is 14.3 Å². The van der Waals surface area contributed by atoms with E-state index in [1.165, 1.54) is 12.1 Å². The van der Waals surface area contributed by atoms with Crippen LogP contribution in [0.25, 0.3) is 0 Å². The van der Waals surface area contributed by atoms with Crippen LogP contribution in [0.4, 0.5) is 4.39 Å². The minimum atomic E-state index is -0.564. The van der Waals surface area contributed by atoms with Crippen LogP contribution in [0.2, 0.25) is 0 Å². The first kappa shape index (κ1) is 13.8. The van der Waals surface area contributed by atoms with Crippen LogP contribution in [0.5, 0.6) is 5.75 Å². The zero-order chi connectivity index (χ0) is 14.0. The molecule has 1 aliphatic carbocycles. The summed E-state index contributed by atoms with van der Waals surface area (Å²) in [5.74, 6) is -1.22. The number of nitrogens with two attached hydrogens (primary N) is 1. The number of rotatable bonds is 2. The van der Waals surface area contributed by atoms with Crippen molar-refractivity contribution in [1.29, 1.82) is 0 Å². The Bertz CT molecular complexity index is 479. The van der Waals surface area contributed by atoms with E-state index in [0.717, 1.165) is 31.7 Å². The van der Waals surface area contributed by atoms with Gasteiger partial charge in [0.15, 0.2) is 0 Å². The Balaban J connectivity index is 2.18. The molecular formula is C14H19FN2O2. The summed E-state index contributed by atoms with van der Waals surface area (Å²) in [6, 6.07) is 3.36. The van der Waals surface area contributed by atoms with Crippen molar-refractivity contribution in [3.05, 3.63) is 29.6 Å². The van der Waals surface area contributed by atoms with Gasteiger partial charge in [0.2, 0.25) is 0 Å². The van der Waals surface area contributed by atoms with Gasteiger partial charge < -0.3 is 15.7 Å². The Kier molecular flexibility index (Phi) is 4.04. The predicted molar refractivity (Wildman–Crippen MR) is 70.4 cm³/mol. The monoisotopic (exact) mass is 266 g/mol. The van der Waals surface area contributed by atoms with Gasteiger partial charge in [0.25, 0.3) is 5.91 Å². The Morgan fingerprint density at radius 3 is 2.74 bits per heavy atom. The molecule has 1 saturated carbocycles. The number of phenolic OH excluding ortho intramolecular Hbond substituents is 1. The third-order valence-corrected chi connectivity index (χ3v) is 3.79. The van der Waals surface area contributed by atoms with Gasteiger partial charge in [-0.3, -0.25) is 4.79 Å². The van der Waals surface area contributed by atoms with Gasteiger partial charge >= 0.3 is 0 Å². The summed E-state index contributed by atoms with van der Waals surface area (Å²) < 4.78 is 12.9. The summed E-state index contributed by atoms with van der Waals surface area (Å²) in [4.78, 5) is 13.9. The quantitative estimate of drug-likeness (QED) is 0.858. The van der Waals surface area contributed by atoms with Crippen molar-refractivity contribution < 1.29 is 14.3 Å². The van der Waals surface area contributed by atoms with Crippen molar-refractivity contribution in [3.63, 3.8) is 0 Å². The smallest absolute Gasteiger partial charge is 0.257 e. The van der Waals surface area contributed by atoms with Gasteiger partial charge in [-0.1, -0.05) is 12.8 Å². The van der Waals surface area contributed by atoms with Crippen LogP contribution in [-0.4, -0.2) is 35.0 Å². The molecule has 0 heterocycles. The number of nitrogens with zero attached hydrogens (tertiary/aromatic N) is 1. The summed E-state index contributed by atoms with van der Waals surface area (Å²) in [6.07, 6.45) is 3.90. The van der Waals surface area contributed by atoms with Crippen LogP contribution in [0.1, 0.15) is 36.0 Å². The molecule has 3 N–H and O–H groups in total. The molecular weight excluding hydrogens is 247 g/mol. The summed E-state index contributed by atoms with van der Waals surface area (Å²) in [5, 5.41) is 9.66. The van der Waals surface area contributed by atoms with Crippen molar-refractivity contribution in [3.8, 4) is 5.75 Å². The summed E-state index contributed by atoms with van der Waals surface area (Å²) in [6.45, 7) is 0. The van der Waals surface area contributed by atoms with E-state index in [-0.39, 0.29) is 29.3 Å². The predicted octanol–water partition coefficient (Wildman–Crippen LogP) is 1.87. The zero-order valence-electron chi connectivity index (χ0n) is 11.0. The average Bonchev–Trinajstić information content (AvgIpc) is 2.38. The average molecular weight is 266 g/mol. The van der Waals surface area contributed by atoms with Crippen LogP contribution in [0, 0.1) is 5.82 Å². The van der Waals surface area contributed by atoms with Crippen molar-refractivity contribution in [2.45, 2.75) is 37.8 Å². The first-order chi connectivity index (χ1) is 9.00. The number of carbonyl (C=O) groups excluding carboxylic acids is 1. The molecule has 1 aromatic rings. The van der Waals surface area contributed by atoms with E-state index in [0.29, 0.717) is 0 Å². The summed E-state index contributed by atoms with van der Waals surface area (Å²) >= 11 is 0. The Morgan fingerprint density at radius 2 is 2.11 bits per heavy atom. The Morgan fingerprint density at radius 1 is 1.42 bits per heavy atom. The minimum Gasteiger partial charge on any atom is -0.507 e. The zero-order valence-corrected chi connectivity index (χ0v) is 11.0. The number of hydrogen-bond acceptors (Lipinski definition) is 3. The number of halogens is 1. The third-order valence-electron chi connectivity index (χ3n) is 3.79. The van der Waals surface area contributed by atoms with Gasteiger partial charge in [-0.25, -0.2) is 4.39 Å². The maximum Gasteiger partial charge on any atom is 0.257 e. The lowest BCUT2D eigenvalue weighted by Crippen LogP contribution is -2.50. The molecule has 1 aliphatic rings. The molecule has 104 valence electrons. The normalized spacial score (nSPS) is 23.1. The molecule has 19 heavy (non-hydrogen) atoms. The van der Waals surface area contributed by atoms with Crippen LogP contribution >= 0.6 is 0 Å². The molecule has 0 radical (unpaired) electrons. The second-order valence-corrected chi connectivity index (χ2v) is 5.09. The minimum absolute atomic E-state index is 0.0225. The fourth-order valence-corrected chi connectivity index (χ4v) is 2.65. The highest BCUT2D eigenvalue weighted by molar-refractivity contribution is 5.96. The van der Waals surface area contributed by atoms with Gasteiger partial charge in [-0.2, -0.15) is 0 Å². The van der Waals surface area contributed by atoms with Crippen molar-refractivity contribution in [2.24, 2.45) is 5.73 Å². The highest BCUT2D eigenvalue weighted by Gasteiger charge is 2.29. The van der Waals surface area contributed by atoms with E-state index in [2.05, 4.69) is 0 Å². The van der Waals surface area contributed by atoms with Crippen LogP contribution in [0.3, 0.4) is 0 Å². The van der Waals surface area contributed by atoms with Gasteiger partial charge in [0.05, 0.1) is 5.56 Å². The van der Waals surface area contributed by atoms with Gasteiger partial charge in [0.1, 0.15) is 11.6 Å². The highest BCUT2D eigenvalue weighted by Crippen LogP contribution is 2.25. The molecule has 5 heteroatoms. The van der Waals surface area contributed by atoms with Crippen LogP contribution < -0.4 is 5.73 Å². The number of carbonyl (C=O) groups is 1. The molecule has 0 aliphatic heterocycles. The Labute approximate surface area is 112 Å². The molecule has 1 fully saturated rings. The molecule has 2 rings (SSSR count). The number of hydrogen-bond donors (Lipinski definition) is 2. The lowest BCUT2D eigenvalue weighted by Gasteiger charge is -2.36. The SMILES string of the molecule is CN(C(=O)c1ccc(F)cc1O)C1CCCCC1N. The highest BCUT2D eigenvalue weighted by atomic mass is 19.1. The van der Waals surface area contributed by atoms with E-state index in [1.807, 2.05) is 0 Å². The number of benzene rings is 1. The van der Waals surface area contributed by atoms with E-state index in [4.69, 9.17) is 5.73 Å². The maximum atomic E-state index is 12.9. The van der Waals surface area contributed by atoms with E-state index < -0.39 is 5.82 Å². The number of amides is 1. The van der Waals surface area contributed by atoms with E-state index in [1.54, 1.807) is 11.9 Å². The molecule has 4 nitrogen and oxygen atoms in total. The second-order valence-electron chi connectivity index (χ2n) is 5.09. The molecule has 2 unspecified atom stereocenters. The fraction of sp³-hybridized carbons (Fsp3) is 0.500. The van der Waals surface area contributed by atoms with E-state index >= 15 is 0 Å². The molecule has 1 amide bonds. The molecule has 0 spiro atoms. The first-order valence-corrected chi connectivity index (χ1v) is 6.52. The molecule has 2 atom stereocenters. The van der Waals surface area contributed by atoms with Crippen LogP contribution in [-0.2, 0) is 0 Å². The first-order valence-electron chi connectivity index (χ1n) is 6.52. The van der Waals surface area contributed by atoms with Crippen LogP contribution in [0.15, 0.2) is 18.2 Å². The van der Waals surface area contributed by atoms with Crippen molar-refractivity contribution in [2.75, 3.05) is 7.05 Å². The summed E-state index contributed by atoms with van der Waals surface area (Å²) in [5.41, 5.74) is 6.15.